The minimum Gasteiger partial charge on any atom is -0.485 e. The first-order chi connectivity index (χ1) is 17.8. The van der Waals surface area contributed by atoms with Crippen molar-refractivity contribution < 1.29 is 26.4 Å². The van der Waals surface area contributed by atoms with E-state index in [0.717, 1.165) is 11.8 Å². The van der Waals surface area contributed by atoms with Gasteiger partial charge in [0, 0.05) is 10.5 Å². The number of thioether (sulfide) groups is 1. The predicted octanol–water partition coefficient (Wildman–Crippen LogP) is 5.08. The van der Waals surface area contributed by atoms with Crippen LogP contribution in [-0.2, 0) is 20.0 Å². The molecule has 0 aromatic heterocycles. The fourth-order valence-electron chi connectivity index (χ4n) is 3.30. The molecular formula is C27H23NO6S3. The molecule has 4 aromatic rings. The van der Waals surface area contributed by atoms with E-state index in [-0.39, 0.29) is 28.1 Å². The van der Waals surface area contributed by atoms with Gasteiger partial charge in [-0.2, -0.15) is 0 Å². The van der Waals surface area contributed by atoms with Gasteiger partial charge in [-0.3, -0.25) is 4.79 Å². The van der Waals surface area contributed by atoms with Gasteiger partial charge in [-0.05, 0) is 48.5 Å². The summed E-state index contributed by atoms with van der Waals surface area (Å²) in [6.07, 6.45) is 0. The molecule has 7 nitrogen and oxygen atoms in total. The molecule has 0 bridgehead atoms. The fourth-order valence-corrected chi connectivity index (χ4v) is 8.34. The minimum atomic E-state index is -4.37. The van der Waals surface area contributed by atoms with E-state index in [1.54, 1.807) is 60.7 Å². The van der Waals surface area contributed by atoms with Crippen LogP contribution in [0.25, 0.3) is 0 Å². The van der Waals surface area contributed by atoms with E-state index in [1.165, 1.54) is 48.5 Å². The summed E-state index contributed by atoms with van der Waals surface area (Å²) in [5.74, 6) is -0.0764. The number of hydrogen-bond donors (Lipinski definition) is 0. The first-order valence-electron chi connectivity index (χ1n) is 11.1. The van der Waals surface area contributed by atoms with Gasteiger partial charge >= 0.3 is 0 Å². The third-order valence-electron chi connectivity index (χ3n) is 5.24. The normalized spacial score (nSPS) is 11.8. The summed E-state index contributed by atoms with van der Waals surface area (Å²) in [6.45, 7) is -0.130. The van der Waals surface area contributed by atoms with Crippen LogP contribution in [0.4, 0.5) is 0 Å². The Morgan fingerprint density at radius 2 is 1.11 bits per heavy atom. The van der Waals surface area contributed by atoms with Crippen LogP contribution in [0.2, 0.25) is 0 Å². The number of hydrogen-bond acceptors (Lipinski definition) is 7. The number of sulfonamides is 2. The Morgan fingerprint density at radius 3 is 1.59 bits per heavy atom. The first kappa shape index (κ1) is 26.6. The van der Waals surface area contributed by atoms with Gasteiger partial charge in [0.05, 0.1) is 15.7 Å². The number of rotatable bonds is 11. The maximum Gasteiger partial charge on any atom is 0.257 e. The van der Waals surface area contributed by atoms with Crippen LogP contribution in [0.5, 0.6) is 5.75 Å². The smallest absolute Gasteiger partial charge is 0.257 e. The molecule has 0 N–H and O–H groups in total. The molecule has 0 aliphatic heterocycles. The van der Waals surface area contributed by atoms with Crippen LogP contribution in [-0.4, -0.2) is 38.8 Å². The topological polar surface area (TPSA) is 97.8 Å². The Hall–Kier alpha value is -3.44. The van der Waals surface area contributed by atoms with E-state index in [1.807, 2.05) is 6.07 Å². The summed E-state index contributed by atoms with van der Waals surface area (Å²) in [6, 6.07) is 30.3. The molecule has 4 aromatic carbocycles. The van der Waals surface area contributed by atoms with Crippen molar-refractivity contribution in [2.24, 2.45) is 0 Å². The van der Waals surface area contributed by atoms with Crippen molar-refractivity contribution in [3.8, 4) is 5.75 Å². The number of carbonyl (C=O) groups excluding carboxylic acids is 1. The molecule has 37 heavy (non-hydrogen) atoms. The van der Waals surface area contributed by atoms with Crippen molar-refractivity contribution in [2.75, 3.05) is 12.5 Å². The van der Waals surface area contributed by atoms with Crippen LogP contribution in [0.3, 0.4) is 0 Å². The van der Waals surface area contributed by atoms with Crippen molar-refractivity contribution >= 4 is 37.6 Å². The summed E-state index contributed by atoms with van der Waals surface area (Å²) in [5, 5.41) is 0. The van der Waals surface area contributed by atoms with Crippen molar-refractivity contribution in [3.05, 3.63) is 121 Å². The molecule has 4 rings (SSSR count). The number of benzene rings is 4. The van der Waals surface area contributed by atoms with Gasteiger partial charge in [0.2, 0.25) is 0 Å². The summed E-state index contributed by atoms with van der Waals surface area (Å²) >= 11 is 1.05. The molecule has 0 amide bonds. The van der Waals surface area contributed by atoms with E-state index in [9.17, 15) is 21.6 Å². The van der Waals surface area contributed by atoms with Crippen molar-refractivity contribution in [1.82, 2.24) is 3.71 Å². The molecule has 190 valence electrons. The zero-order valence-electron chi connectivity index (χ0n) is 19.5. The van der Waals surface area contributed by atoms with Crippen LogP contribution >= 0.6 is 11.8 Å². The SMILES string of the molecule is O=C(COc1ccc(SCN(S(=O)(=O)c2ccccc2)S(=O)(=O)c2ccccc2)cc1)c1ccccc1. The fraction of sp³-hybridized carbons (Fsp3) is 0.0741. The standard InChI is InChI=1S/C27H23NO6S3/c29-27(22-10-4-1-5-11-22)20-34-23-16-18-24(19-17-23)35-21-28(36(30,31)25-12-6-2-7-13-25)37(32,33)26-14-8-3-9-15-26/h1-19H,20-21H2. The quantitative estimate of drug-likeness (QED) is 0.145. The highest BCUT2D eigenvalue weighted by atomic mass is 32.3. The Bertz CT molecular complexity index is 1470. The molecule has 0 heterocycles. The third kappa shape index (κ3) is 6.47. The average molecular weight is 554 g/mol. The maximum atomic E-state index is 13.4. The summed E-state index contributed by atoms with van der Waals surface area (Å²) in [4.78, 5) is 12.6. The highest BCUT2D eigenvalue weighted by Crippen LogP contribution is 2.30. The van der Waals surface area contributed by atoms with Gasteiger partial charge in [0.15, 0.2) is 12.4 Å². The van der Waals surface area contributed by atoms with Crippen molar-refractivity contribution in [2.45, 2.75) is 14.7 Å². The molecule has 0 fully saturated rings. The van der Waals surface area contributed by atoms with Crippen molar-refractivity contribution in [3.63, 3.8) is 0 Å². The largest absolute Gasteiger partial charge is 0.485 e. The summed E-state index contributed by atoms with van der Waals surface area (Å²) < 4.78 is 59.6. The average Bonchev–Trinajstić information content (AvgIpc) is 2.93. The highest BCUT2D eigenvalue weighted by molar-refractivity contribution is 8.06. The molecule has 0 saturated carbocycles. The van der Waals surface area contributed by atoms with E-state index in [0.29, 0.717) is 19.9 Å². The van der Waals surface area contributed by atoms with E-state index >= 15 is 0 Å². The van der Waals surface area contributed by atoms with Crippen molar-refractivity contribution in [1.29, 1.82) is 0 Å². The van der Waals surface area contributed by atoms with Gasteiger partial charge in [-0.1, -0.05) is 70.4 Å². The molecule has 0 spiro atoms. The molecule has 0 saturated heterocycles. The van der Waals surface area contributed by atoms with Gasteiger partial charge in [-0.15, -0.1) is 11.8 Å². The third-order valence-corrected chi connectivity index (χ3v) is 10.8. The second kappa shape index (κ2) is 11.7. The maximum absolute atomic E-state index is 13.4. The second-order valence-electron chi connectivity index (χ2n) is 7.73. The Kier molecular flexibility index (Phi) is 8.45. The van der Waals surface area contributed by atoms with Crippen LogP contribution in [0.15, 0.2) is 130 Å². The van der Waals surface area contributed by atoms with E-state index in [4.69, 9.17) is 4.74 Å². The molecule has 0 unspecified atom stereocenters. The summed E-state index contributed by atoms with van der Waals surface area (Å²) in [7, 11) is -8.73. The lowest BCUT2D eigenvalue weighted by Gasteiger charge is -2.22. The Labute approximate surface area is 220 Å². The zero-order valence-corrected chi connectivity index (χ0v) is 22.0. The van der Waals surface area contributed by atoms with Gasteiger partial charge in [0.25, 0.3) is 20.0 Å². The lowest BCUT2D eigenvalue weighted by molar-refractivity contribution is 0.0921. The van der Waals surface area contributed by atoms with E-state index in [2.05, 4.69) is 0 Å². The zero-order chi connectivity index (χ0) is 26.3. The lowest BCUT2D eigenvalue weighted by atomic mass is 10.1. The Morgan fingerprint density at radius 1 is 0.649 bits per heavy atom. The molecule has 0 atom stereocenters. The molecule has 10 heteroatoms. The number of nitrogens with zero attached hydrogens (tertiary/aromatic N) is 1. The first-order valence-corrected chi connectivity index (χ1v) is 15.0. The molecule has 0 radical (unpaired) electrons. The van der Waals surface area contributed by atoms with Crippen LogP contribution in [0.1, 0.15) is 10.4 Å². The van der Waals surface area contributed by atoms with Crippen LogP contribution in [0, 0.1) is 0 Å². The molecule has 0 aliphatic carbocycles. The number of ketones is 1. The van der Waals surface area contributed by atoms with E-state index < -0.39 is 20.0 Å². The molecule has 0 aliphatic rings. The highest BCUT2D eigenvalue weighted by Gasteiger charge is 2.36. The minimum absolute atomic E-state index is 0.123. The van der Waals surface area contributed by atoms with Gasteiger partial charge in [0.1, 0.15) is 5.75 Å². The number of Topliss-reactive ketones (excluding diaryl/α,β-unsaturated/α-hetero) is 1. The van der Waals surface area contributed by atoms with Gasteiger partial charge < -0.3 is 4.74 Å². The number of ether oxygens (including phenoxy) is 1. The van der Waals surface area contributed by atoms with Gasteiger partial charge in [-0.25, -0.2) is 16.8 Å². The second-order valence-corrected chi connectivity index (χ2v) is 12.7. The lowest BCUT2D eigenvalue weighted by Crippen LogP contribution is -2.36. The number of carbonyl (C=O) groups is 1. The Balaban J connectivity index is 1.50. The van der Waals surface area contributed by atoms with Crippen LogP contribution < -0.4 is 4.74 Å². The summed E-state index contributed by atoms with van der Waals surface area (Å²) in [5.41, 5.74) is 0.550. The monoisotopic (exact) mass is 553 g/mol. The molecular weight excluding hydrogens is 530 g/mol. The predicted molar refractivity (Wildman–Crippen MR) is 143 cm³/mol.